The quantitative estimate of drug-likeness (QED) is 0.572. The van der Waals surface area contributed by atoms with Gasteiger partial charge < -0.3 is 15.3 Å². The van der Waals surface area contributed by atoms with Crippen LogP contribution in [-0.2, 0) is 6.18 Å². The van der Waals surface area contributed by atoms with E-state index in [4.69, 9.17) is 10.2 Å². The van der Waals surface area contributed by atoms with Crippen LogP contribution in [0.1, 0.15) is 5.56 Å². The Hall–Kier alpha value is -1.93. The second-order valence-electron chi connectivity index (χ2n) is 4.66. The molecule has 0 atom stereocenters. The monoisotopic (exact) mass is 403 g/mol. The first kappa shape index (κ1) is 15.9. The lowest BCUT2D eigenvalue weighted by molar-refractivity contribution is -0.138. The molecule has 0 aliphatic heterocycles. The molecule has 0 aliphatic carbocycles. The molecule has 0 radical (unpaired) electrons. The van der Waals surface area contributed by atoms with E-state index in [0.717, 1.165) is 6.07 Å². The van der Waals surface area contributed by atoms with Gasteiger partial charge >= 0.3 is 6.18 Å². The van der Waals surface area contributed by atoms with Crippen LogP contribution in [0.15, 0.2) is 44.6 Å². The van der Waals surface area contributed by atoms with Crippen LogP contribution in [0.4, 0.5) is 19.1 Å². The van der Waals surface area contributed by atoms with Gasteiger partial charge in [-0.3, -0.25) is 0 Å². The molecule has 3 aromatic rings. The third kappa shape index (κ3) is 2.72. The molecule has 0 fully saturated rings. The molecule has 1 aromatic carbocycles. The molecule has 0 saturated carbocycles. The van der Waals surface area contributed by atoms with Crippen LogP contribution in [0.3, 0.4) is 0 Å². The summed E-state index contributed by atoms with van der Waals surface area (Å²) in [6.45, 7) is 0. The van der Waals surface area contributed by atoms with Gasteiger partial charge in [-0.15, -0.1) is 11.3 Å². The summed E-state index contributed by atoms with van der Waals surface area (Å²) < 4.78 is 44.2. The van der Waals surface area contributed by atoms with E-state index in [1.165, 1.54) is 23.5 Å². The van der Waals surface area contributed by atoms with E-state index in [1.807, 2.05) is 0 Å². The van der Waals surface area contributed by atoms with Gasteiger partial charge in [-0.1, -0.05) is 18.2 Å². The Balaban J connectivity index is 2.21. The maximum Gasteiger partial charge on any atom is 0.417 e. The number of anilines is 1. The first-order valence-electron chi connectivity index (χ1n) is 6.32. The van der Waals surface area contributed by atoms with Gasteiger partial charge in [0, 0.05) is 10.0 Å². The third-order valence-corrected chi connectivity index (χ3v) is 4.95. The van der Waals surface area contributed by atoms with Crippen molar-refractivity contribution >= 4 is 33.2 Å². The Morgan fingerprint density at radius 3 is 2.52 bits per heavy atom. The minimum atomic E-state index is -4.53. The van der Waals surface area contributed by atoms with Crippen LogP contribution in [0.5, 0.6) is 5.75 Å². The predicted molar refractivity (Wildman–Crippen MR) is 86.2 cm³/mol. The number of aromatic hydroxyl groups is 1. The first-order valence-corrected chi connectivity index (χ1v) is 7.99. The maximum absolute atomic E-state index is 13.0. The van der Waals surface area contributed by atoms with E-state index in [-0.39, 0.29) is 33.0 Å². The Morgan fingerprint density at radius 1 is 1.17 bits per heavy atom. The van der Waals surface area contributed by atoms with Crippen molar-refractivity contribution in [2.75, 3.05) is 5.73 Å². The molecule has 23 heavy (non-hydrogen) atoms. The molecule has 2 aromatic heterocycles. The molecule has 3 nitrogen and oxygen atoms in total. The van der Waals surface area contributed by atoms with Crippen molar-refractivity contribution in [3.05, 3.63) is 45.7 Å². The minimum Gasteiger partial charge on any atom is -0.504 e. The fourth-order valence-corrected chi connectivity index (χ4v) is 3.61. The van der Waals surface area contributed by atoms with Crippen LogP contribution in [0.2, 0.25) is 0 Å². The summed E-state index contributed by atoms with van der Waals surface area (Å²) in [6.07, 6.45) is -4.53. The number of thiophene rings is 1. The minimum absolute atomic E-state index is 0.0337. The van der Waals surface area contributed by atoms with Gasteiger partial charge in [-0.05, 0) is 33.4 Å². The lowest BCUT2D eigenvalue weighted by Gasteiger charge is -2.12. The Kier molecular flexibility index (Phi) is 3.89. The number of benzene rings is 1. The normalized spacial score (nSPS) is 11.8. The molecular weight excluding hydrogens is 395 g/mol. The zero-order chi connectivity index (χ0) is 16.8. The van der Waals surface area contributed by atoms with Crippen molar-refractivity contribution in [2.45, 2.75) is 6.18 Å². The number of furan rings is 1. The van der Waals surface area contributed by atoms with Crippen molar-refractivity contribution in [2.24, 2.45) is 0 Å². The van der Waals surface area contributed by atoms with Gasteiger partial charge in [0.1, 0.15) is 0 Å². The van der Waals surface area contributed by atoms with Crippen LogP contribution >= 0.6 is 27.3 Å². The molecule has 2 heterocycles. The second-order valence-corrected chi connectivity index (χ2v) is 6.40. The molecule has 120 valence electrons. The first-order chi connectivity index (χ1) is 10.8. The van der Waals surface area contributed by atoms with E-state index in [9.17, 15) is 18.3 Å². The molecule has 0 aliphatic rings. The number of rotatable bonds is 2. The van der Waals surface area contributed by atoms with Gasteiger partial charge in [-0.25, -0.2) is 0 Å². The molecule has 0 saturated heterocycles. The van der Waals surface area contributed by atoms with Crippen molar-refractivity contribution in [1.82, 2.24) is 0 Å². The Labute approximate surface area is 141 Å². The summed E-state index contributed by atoms with van der Waals surface area (Å²) in [7, 11) is 0. The number of hydrogen-bond acceptors (Lipinski definition) is 4. The third-order valence-electron chi connectivity index (χ3n) is 3.23. The number of nitrogens with two attached hydrogens (primary N) is 1. The van der Waals surface area contributed by atoms with Crippen molar-refractivity contribution < 1.29 is 22.7 Å². The van der Waals surface area contributed by atoms with Gasteiger partial charge in [0.25, 0.3) is 0 Å². The van der Waals surface area contributed by atoms with Crippen molar-refractivity contribution in [3.63, 3.8) is 0 Å². The molecule has 3 N–H and O–H groups in total. The smallest absolute Gasteiger partial charge is 0.417 e. The fraction of sp³-hybridized carbons (Fsp3) is 0.0667. The largest absolute Gasteiger partial charge is 0.504 e. The van der Waals surface area contributed by atoms with Crippen LogP contribution in [0, 0.1) is 0 Å². The van der Waals surface area contributed by atoms with Gasteiger partial charge in [0.05, 0.1) is 16.0 Å². The number of halogens is 4. The average molecular weight is 404 g/mol. The molecular formula is C15H9BrF3NO2S. The summed E-state index contributed by atoms with van der Waals surface area (Å²) in [6, 6.07) is 7.10. The van der Waals surface area contributed by atoms with Crippen LogP contribution in [0.25, 0.3) is 21.8 Å². The zero-order valence-corrected chi connectivity index (χ0v) is 13.7. The highest BCUT2D eigenvalue weighted by Gasteiger charge is 2.35. The van der Waals surface area contributed by atoms with Crippen LogP contribution in [-0.4, -0.2) is 5.11 Å². The molecule has 0 amide bonds. The summed E-state index contributed by atoms with van der Waals surface area (Å²) in [5, 5.41) is 12.2. The second kappa shape index (κ2) is 5.61. The standard InChI is InChI=1S/C15H9BrF3NO2S/c16-11-7(3-1-4-8(11)15(17,18)19)10-12(21)13(22-14(10)20)9-5-2-6-23-9/h1-6,21H,20H2. The Morgan fingerprint density at radius 2 is 1.91 bits per heavy atom. The van der Waals surface area contributed by atoms with Gasteiger partial charge in [-0.2, -0.15) is 13.2 Å². The summed E-state index contributed by atoms with van der Waals surface area (Å²) in [5.74, 6) is -0.298. The summed E-state index contributed by atoms with van der Waals surface area (Å²) in [4.78, 5) is 0.628. The topological polar surface area (TPSA) is 59.4 Å². The molecule has 8 heteroatoms. The van der Waals surface area contributed by atoms with E-state index < -0.39 is 11.7 Å². The summed E-state index contributed by atoms with van der Waals surface area (Å²) >= 11 is 4.27. The molecule has 0 spiro atoms. The lowest BCUT2D eigenvalue weighted by Crippen LogP contribution is -2.06. The van der Waals surface area contributed by atoms with Gasteiger partial charge in [0.15, 0.2) is 11.5 Å². The Bertz CT molecular complexity index is 856. The lowest BCUT2D eigenvalue weighted by atomic mass is 10.0. The highest BCUT2D eigenvalue weighted by atomic mass is 79.9. The van der Waals surface area contributed by atoms with E-state index >= 15 is 0 Å². The maximum atomic E-state index is 13.0. The summed E-state index contributed by atoms with van der Waals surface area (Å²) in [5.41, 5.74) is 5.08. The number of alkyl halides is 3. The molecule has 3 rings (SSSR count). The predicted octanol–water partition coefficient (Wildman–Crippen LogP) is 5.74. The molecule has 0 bridgehead atoms. The van der Waals surface area contributed by atoms with E-state index in [0.29, 0.717) is 4.88 Å². The van der Waals surface area contributed by atoms with Crippen molar-refractivity contribution in [1.29, 1.82) is 0 Å². The highest BCUT2D eigenvalue weighted by Crippen LogP contribution is 2.49. The average Bonchev–Trinajstić information content (AvgIpc) is 3.07. The van der Waals surface area contributed by atoms with Gasteiger partial charge in [0.2, 0.25) is 5.88 Å². The van der Waals surface area contributed by atoms with Crippen LogP contribution < -0.4 is 5.73 Å². The zero-order valence-electron chi connectivity index (χ0n) is 11.3. The fourth-order valence-electron chi connectivity index (χ4n) is 2.22. The molecule has 0 unspecified atom stereocenters. The van der Waals surface area contributed by atoms with E-state index in [1.54, 1.807) is 17.5 Å². The number of nitrogen functional groups attached to an aromatic ring is 1. The number of hydrogen-bond donors (Lipinski definition) is 2. The SMILES string of the molecule is Nc1oc(-c2cccs2)c(O)c1-c1cccc(C(F)(F)F)c1Br. The van der Waals surface area contributed by atoms with E-state index in [2.05, 4.69) is 15.9 Å². The van der Waals surface area contributed by atoms with Crippen molar-refractivity contribution in [3.8, 4) is 27.5 Å². The highest BCUT2D eigenvalue weighted by molar-refractivity contribution is 9.10.